The number of nitrogens with one attached hydrogen (secondary N) is 1. The van der Waals surface area contributed by atoms with E-state index in [0.29, 0.717) is 0 Å². The maximum atomic E-state index is 11.9. The predicted octanol–water partition coefficient (Wildman–Crippen LogP) is 3.38. The number of nitrogens with zero attached hydrogens (tertiary/aromatic N) is 1. The molecular weight excluding hydrogens is 248 g/mol. The van der Waals surface area contributed by atoms with Crippen molar-refractivity contribution in [1.29, 1.82) is 5.26 Å². The zero-order valence-electron chi connectivity index (χ0n) is 11.0. The van der Waals surface area contributed by atoms with E-state index in [1.54, 1.807) is 0 Å². The van der Waals surface area contributed by atoms with Crippen LogP contribution in [-0.2, 0) is 0 Å². The smallest absolute Gasteiger partial charge is 0.266 e. The molecule has 0 amide bonds. The van der Waals surface area contributed by atoms with Crippen LogP contribution >= 0.6 is 0 Å². The molecule has 20 heavy (non-hydrogen) atoms. The highest BCUT2D eigenvalue weighted by Gasteiger charge is 2.12. The van der Waals surface area contributed by atoms with Crippen LogP contribution in [0.5, 0.6) is 0 Å². The largest absolute Gasteiger partial charge is 0.321 e. The Balaban J connectivity index is 2.47. The van der Waals surface area contributed by atoms with Gasteiger partial charge in [0.25, 0.3) is 5.56 Å². The van der Waals surface area contributed by atoms with Crippen LogP contribution in [0.25, 0.3) is 22.0 Å². The van der Waals surface area contributed by atoms with Crippen molar-refractivity contribution in [3.05, 3.63) is 70.0 Å². The number of rotatable bonds is 1. The minimum absolute atomic E-state index is 0.181. The molecule has 0 saturated carbocycles. The van der Waals surface area contributed by atoms with Crippen molar-refractivity contribution in [2.24, 2.45) is 0 Å². The summed E-state index contributed by atoms with van der Waals surface area (Å²) in [7, 11) is 0. The number of aromatic amines is 1. The Kier molecular flexibility index (Phi) is 2.85. The van der Waals surface area contributed by atoms with E-state index in [1.165, 1.54) is 0 Å². The number of aryl methyl sites for hydroxylation is 1. The topological polar surface area (TPSA) is 56.6 Å². The number of benzene rings is 2. The van der Waals surface area contributed by atoms with Crippen molar-refractivity contribution in [3.63, 3.8) is 0 Å². The summed E-state index contributed by atoms with van der Waals surface area (Å²) in [6, 6.07) is 17.7. The monoisotopic (exact) mass is 260 g/mol. The highest BCUT2D eigenvalue weighted by atomic mass is 16.1. The van der Waals surface area contributed by atoms with Gasteiger partial charge in [-0.25, -0.2) is 0 Å². The Morgan fingerprint density at radius 1 is 1.05 bits per heavy atom. The van der Waals surface area contributed by atoms with Crippen molar-refractivity contribution in [2.45, 2.75) is 6.92 Å². The first-order valence-corrected chi connectivity index (χ1v) is 6.33. The average Bonchev–Trinajstić information content (AvgIpc) is 2.48. The van der Waals surface area contributed by atoms with Crippen molar-refractivity contribution >= 4 is 10.9 Å². The molecule has 0 radical (unpaired) electrons. The third-order valence-electron chi connectivity index (χ3n) is 3.49. The number of hydrogen-bond donors (Lipinski definition) is 1. The van der Waals surface area contributed by atoms with Gasteiger partial charge in [0.2, 0.25) is 0 Å². The first kappa shape index (κ1) is 12.2. The van der Waals surface area contributed by atoms with Crippen molar-refractivity contribution in [2.75, 3.05) is 0 Å². The van der Waals surface area contributed by atoms with Crippen LogP contribution in [-0.4, -0.2) is 4.98 Å². The fraction of sp³-hybridized carbons (Fsp3) is 0.0588. The molecule has 0 unspecified atom stereocenters. The second-order valence-corrected chi connectivity index (χ2v) is 4.66. The van der Waals surface area contributed by atoms with Gasteiger partial charge in [-0.15, -0.1) is 0 Å². The lowest BCUT2D eigenvalue weighted by Gasteiger charge is -2.10. The SMILES string of the molecule is Cc1c(C#N)c(=O)[nH]c2cccc(-c3ccccc3)c12. The first-order chi connectivity index (χ1) is 9.72. The molecule has 0 spiro atoms. The number of aromatic nitrogens is 1. The minimum atomic E-state index is -0.331. The zero-order chi connectivity index (χ0) is 14.1. The molecule has 0 aliphatic rings. The number of fused-ring (bicyclic) bond motifs is 1. The Labute approximate surface area is 116 Å². The molecule has 1 N–H and O–H groups in total. The average molecular weight is 260 g/mol. The van der Waals surface area contributed by atoms with Crippen LogP contribution in [0.3, 0.4) is 0 Å². The normalized spacial score (nSPS) is 10.4. The summed E-state index contributed by atoms with van der Waals surface area (Å²) in [5.41, 5.74) is 3.42. The van der Waals surface area contributed by atoms with Gasteiger partial charge >= 0.3 is 0 Å². The third kappa shape index (κ3) is 1.79. The molecule has 0 saturated heterocycles. The summed E-state index contributed by atoms with van der Waals surface area (Å²) in [6.45, 7) is 1.82. The summed E-state index contributed by atoms with van der Waals surface area (Å²) < 4.78 is 0. The molecule has 1 heterocycles. The van der Waals surface area contributed by atoms with Gasteiger partial charge in [0.05, 0.1) is 0 Å². The molecule has 0 aliphatic carbocycles. The quantitative estimate of drug-likeness (QED) is 0.729. The fourth-order valence-electron chi connectivity index (χ4n) is 2.53. The standard InChI is InChI=1S/C17H12N2O/c1-11-14(10-18)17(20)19-15-9-5-8-13(16(11)15)12-6-3-2-4-7-12/h2-9H,1H3,(H,19,20). The number of H-pyrrole nitrogens is 1. The molecule has 0 fully saturated rings. The first-order valence-electron chi connectivity index (χ1n) is 6.33. The summed E-state index contributed by atoms with van der Waals surface area (Å²) in [5, 5.41) is 10.1. The molecule has 96 valence electrons. The lowest BCUT2D eigenvalue weighted by Crippen LogP contribution is -2.12. The van der Waals surface area contributed by atoms with Gasteiger partial charge < -0.3 is 4.98 Å². The van der Waals surface area contributed by atoms with E-state index in [-0.39, 0.29) is 11.1 Å². The van der Waals surface area contributed by atoms with E-state index in [1.807, 2.05) is 61.5 Å². The molecule has 3 nitrogen and oxygen atoms in total. The second kappa shape index (κ2) is 4.67. The Hall–Kier alpha value is -2.86. The van der Waals surface area contributed by atoms with E-state index in [0.717, 1.165) is 27.6 Å². The molecule has 1 aromatic heterocycles. The molecule has 3 heteroatoms. The molecule has 2 aromatic carbocycles. The number of hydrogen-bond acceptors (Lipinski definition) is 2. The summed E-state index contributed by atoms with van der Waals surface area (Å²) in [6.07, 6.45) is 0. The van der Waals surface area contributed by atoms with Crippen LogP contribution < -0.4 is 5.56 Å². The van der Waals surface area contributed by atoms with Gasteiger partial charge in [0.1, 0.15) is 11.6 Å². The van der Waals surface area contributed by atoms with Crippen molar-refractivity contribution in [1.82, 2.24) is 4.98 Å². The number of pyridine rings is 1. The highest BCUT2D eigenvalue weighted by molar-refractivity contribution is 5.97. The van der Waals surface area contributed by atoms with Crippen LogP contribution in [0.15, 0.2) is 53.3 Å². The van der Waals surface area contributed by atoms with Gasteiger partial charge in [0, 0.05) is 10.9 Å². The van der Waals surface area contributed by atoms with E-state index < -0.39 is 0 Å². The van der Waals surface area contributed by atoms with E-state index in [2.05, 4.69) is 4.98 Å². The molecule has 0 atom stereocenters. The van der Waals surface area contributed by atoms with Crippen molar-refractivity contribution < 1.29 is 0 Å². The van der Waals surface area contributed by atoms with Gasteiger partial charge in [-0.1, -0.05) is 42.5 Å². The molecule has 0 bridgehead atoms. The second-order valence-electron chi connectivity index (χ2n) is 4.66. The predicted molar refractivity (Wildman–Crippen MR) is 79.5 cm³/mol. The van der Waals surface area contributed by atoms with Gasteiger partial charge in [-0.2, -0.15) is 5.26 Å². The molecule has 3 aromatic rings. The van der Waals surface area contributed by atoms with Crippen LogP contribution in [0, 0.1) is 18.3 Å². The lowest BCUT2D eigenvalue weighted by molar-refractivity contribution is 1.24. The molecule has 0 aliphatic heterocycles. The van der Waals surface area contributed by atoms with Gasteiger partial charge in [-0.3, -0.25) is 4.79 Å². The summed E-state index contributed by atoms with van der Waals surface area (Å²) >= 11 is 0. The maximum Gasteiger partial charge on any atom is 0.266 e. The Bertz CT molecular complexity index is 886. The Morgan fingerprint density at radius 3 is 2.50 bits per heavy atom. The van der Waals surface area contributed by atoms with E-state index in [9.17, 15) is 4.79 Å². The van der Waals surface area contributed by atoms with Gasteiger partial charge in [-0.05, 0) is 29.7 Å². The van der Waals surface area contributed by atoms with E-state index >= 15 is 0 Å². The minimum Gasteiger partial charge on any atom is -0.321 e. The lowest BCUT2D eigenvalue weighted by atomic mass is 9.96. The Morgan fingerprint density at radius 2 is 1.80 bits per heavy atom. The van der Waals surface area contributed by atoms with E-state index in [4.69, 9.17) is 5.26 Å². The fourth-order valence-corrected chi connectivity index (χ4v) is 2.53. The molecular formula is C17H12N2O. The van der Waals surface area contributed by atoms with Crippen molar-refractivity contribution in [3.8, 4) is 17.2 Å². The number of nitriles is 1. The third-order valence-corrected chi connectivity index (χ3v) is 3.49. The van der Waals surface area contributed by atoms with Crippen LogP contribution in [0.2, 0.25) is 0 Å². The summed E-state index contributed by atoms with van der Waals surface area (Å²) in [5.74, 6) is 0. The van der Waals surface area contributed by atoms with Gasteiger partial charge in [0.15, 0.2) is 0 Å². The van der Waals surface area contributed by atoms with Crippen LogP contribution in [0.4, 0.5) is 0 Å². The maximum absolute atomic E-state index is 11.9. The zero-order valence-corrected chi connectivity index (χ0v) is 11.0. The summed E-state index contributed by atoms with van der Waals surface area (Å²) in [4.78, 5) is 14.6. The highest BCUT2D eigenvalue weighted by Crippen LogP contribution is 2.30. The molecule has 3 rings (SSSR count). The van der Waals surface area contributed by atoms with Crippen LogP contribution in [0.1, 0.15) is 11.1 Å².